The summed E-state index contributed by atoms with van der Waals surface area (Å²) in [5, 5.41) is 7.54. The molecule has 0 unspecified atom stereocenters. The fraction of sp³-hybridized carbons (Fsp3) is 0.500. The second-order valence-corrected chi connectivity index (χ2v) is 8.95. The first-order valence-electron chi connectivity index (χ1n) is 8.41. The van der Waals surface area contributed by atoms with Crippen molar-refractivity contribution in [2.24, 2.45) is 0 Å². The number of amides is 3. The lowest BCUT2D eigenvalue weighted by Crippen LogP contribution is -2.45. The van der Waals surface area contributed by atoms with E-state index in [1.54, 1.807) is 12.1 Å². The van der Waals surface area contributed by atoms with Crippen LogP contribution < -0.4 is 16.0 Å². The maximum atomic E-state index is 12.1. The number of aryl methyl sites for hydroxylation is 1. The molecule has 27 heavy (non-hydrogen) atoms. The summed E-state index contributed by atoms with van der Waals surface area (Å²) in [7, 11) is -3.43. The number of sulfonamides is 1. The summed E-state index contributed by atoms with van der Waals surface area (Å²) in [6, 6.07) is 4.82. The third-order valence-corrected chi connectivity index (χ3v) is 6.25. The van der Waals surface area contributed by atoms with E-state index >= 15 is 0 Å². The Kier molecular flexibility index (Phi) is 8.02. The lowest BCUT2D eigenvalue weighted by molar-refractivity contribution is -0.115. The Morgan fingerprint density at radius 3 is 2.59 bits per heavy atom. The van der Waals surface area contributed by atoms with E-state index in [0.717, 1.165) is 10.0 Å². The number of benzene rings is 1. The van der Waals surface area contributed by atoms with E-state index in [-0.39, 0.29) is 24.7 Å². The summed E-state index contributed by atoms with van der Waals surface area (Å²) in [5.41, 5.74) is 1.54. The van der Waals surface area contributed by atoms with Crippen molar-refractivity contribution in [3.05, 3.63) is 28.2 Å². The predicted molar refractivity (Wildman–Crippen MR) is 105 cm³/mol. The zero-order valence-corrected chi connectivity index (χ0v) is 17.4. The van der Waals surface area contributed by atoms with Gasteiger partial charge in [-0.25, -0.2) is 13.2 Å². The molecule has 0 aliphatic carbocycles. The van der Waals surface area contributed by atoms with Crippen LogP contribution in [0.15, 0.2) is 22.7 Å². The van der Waals surface area contributed by atoms with Gasteiger partial charge in [0.05, 0.1) is 25.5 Å². The van der Waals surface area contributed by atoms with Gasteiger partial charge in [-0.05, 0) is 30.7 Å². The van der Waals surface area contributed by atoms with Crippen molar-refractivity contribution in [3.63, 3.8) is 0 Å². The van der Waals surface area contributed by atoms with Crippen LogP contribution in [0.4, 0.5) is 10.5 Å². The van der Waals surface area contributed by atoms with Crippen LogP contribution in [-0.2, 0) is 19.6 Å². The largest absolute Gasteiger partial charge is 0.379 e. The van der Waals surface area contributed by atoms with Crippen molar-refractivity contribution < 1.29 is 22.7 Å². The molecule has 0 spiro atoms. The van der Waals surface area contributed by atoms with E-state index in [9.17, 15) is 18.0 Å². The highest BCUT2D eigenvalue weighted by molar-refractivity contribution is 9.10. The van der Waals surface area contributed by atoms with Gasteiger partial charge in [0, 0.05) is 29.8 Å². The van der Waals surface area contributed by atoms with Crippen molar-refractivity contribution in [1.29, 1.82) is 0 Å². The molecule has 0 saturated carbocycles. The summed E-state index contributed by atoms with van der Waals surface area (Å²) in [4.78, 5) is 23.7. The zero-order valence-electron chi connectivity index (χ0n) is 15.0. The number of urea groups is 1. The number of ether oxygens (including phenoxy) is 1. The second kappa shape index (κ2) is 10.0. The number of carbonyl (C=O) groups is 2. The third kappa shape index (κ3) is 7.09. The van der Waals surface area contributed by atoms with Gasteiger partial charge in [-0.3, -0.25) is 4.79 Å². The number of hydrogen-bond donors (Lipinski definition) is 3. The standard InChI is InChI=1S/C16H23BrN4O5S/c1-12-10-13(17)2-3-14(12)20-15(22)11-19-16(23)18-4-9-27(24,25)21-5-7-26-8-6-21/h2-3,10H,4-9,11H2,1H3,(H,20,22)(H2,18,19,23). The summed E-state index contributed by atoms with van der Waals surface area (Å²) in [6.07, 6.45) is 0. The molecule has 150 valence electrons. The van der Waals surface area contributed by atoms with E-state index in [4.69, 9.17) is 4.74 Å². The van der Waals surface area contributed by atoms with Gasteiger partial charge in [0.25, 0.3) is 0 Å². The molecule has 3 N–H and O–H groups in total. The molecule has 1 aliphatic heterocycles. The Morgan fingerprint density at radius 1 is 1.22 bits per heavy atom. The molecule has 0 atom stereocenters. The molecule has 1 fully saturated rings. The maximum Gasteiger partial charge on any atom is 0.315 e. The van der Waals surface area contributed by atoms with E-state index in [1.807, 2.05) is 13.0 Å². The molecule has 1 aliphatic rings. The number of rotatable bonds is 7. The van der Waals surface area contributed by atoms with Crippen LogP contribution in [0.1, 0.15) is 5.56 Å². The van der Waals surface area contributed by atoms with Crippen LogP contribution in [-0.4, -0.2) is 69.8 Å². The lowest BCUT2D eigenvalue weighted by atomic mass is 10.2. The van der Waals surface area contributed by atoms with Crippen LogP contribution in [0.2, 0.25) is 0 Å². The smallest absolute Gasteiger partial charge is 0.315 e. The number of anilines is 1. The first-order chi connectivity index (χ1) is 12.8. The van der Waals surface area contributed by atoms with Crippen molar-refractivity contribution in [2.75, 3.05) is 50.5 Å². The van der Waals surface area contributed by atoms with Crippen LogP contribution in [0.5, 0.6) is 0 Å². The molecule has 1 aromatic rings. The lowest BCUT2D eigenvalue weighted by Gasteiger charge is -2.26. The van der Waals surface area contributed by atoms with Gasteiger partial charge < -0.3 is 20.7 Å². The number of carbonyl (C=O) groups excluding carboxylic acids is 2. The number of morpholine rings is 1. The Hall–Kier alpha value is -1.69. The van der Waals surface area contributed by atoms with Crippen molar-refractivity contribution in [2.45, 2.75) is 6.92 Å². The van der Waals surface area contributed by atoms with Gasteiger partial charge in [0.1, 0.15) is 0 Å². The first-order valence-corrected chi connectivity index (χ1v) is 10.8. The summed E-state index contributed by atoms with van der Waals surface area (Å²) < 4.78 is 31.6. The fourth-order valence-electron chi connectivity index (χ4n) is 2.43. The van der Waals surface area contributed by atoms with Gasteiger partial charge in [-0.15, -0.1) is 0 Å². The number of hydrogen-bond acceptors (Lipinski definition) is 5. The highest BCUT2D eigenvalue weighted by atomic mass is 79.9. The molecule has 0 bridgehead atoms. The Morgan fingerprint density at radius 2 is 1.93 bits per heavy atom. The van der Waals surface area contributed by atoms with Crippen molar-refractivity contribution in [1.82, 2.24) is 14.9 Å². The first kappa shape index (κ1) is 21.6. The second-order valence-electron chi connectivity index (χ2n) is 5.94. The SMILES string of the molecule is Cc1cc(Br)ccc1NC(=O)CNC(=O)NCCS(=O)(=O)N1CCOCC1. The number of nitrogens with zero attached hydrogens (tertiary/aromatic N) is 1. The summed E-state index contributed by atoms with van der Waals surface area (Å²) >= 11 is 3.35. The van der Waals surface area contributed by atoms with E-state index < -0.39 is 16.1 Å². The molecule has 9 nitrogen and oxygen atoms in total. The average Bonchev–Trinajstić information content (AvgIpc) is 2.63. The fourth-order valence-corrected chi connectivity index (χ4v) is 4.23. The van der Waals surface area contributed by atoms with E-state index in [0.29, 0.717) is 32.0 Å². The van der Waals surface area contributed by atoms with E-state index in [1.165, 1.54) is 4.31 Å². The quantitative estimate of drug-likeness (QED) is 0.549. The Bertz CT molecular complexity index is 781. The molecule has 1 aromatic carbocycles. The molecule has 11 heteroatoms. The number of nitrogens with one attached hydrogen (secondary N) is 3. The summed E-state index contributed by atoms with van der Waals surface area (Å²) in [6.45, 7) is 2.99. The molecule has 3 amide bonds. The third-order valence-electron chi connectivity index (χ3n) is 3.88. The normalized spacial score (nSPS) is 15.2. The highest BCUT2D eigenvalue weighted by Gasteiger charge is 2.23. The van der Waals surface area contributed by atoms with Crippen LogP contribution in [0, 0.1) is 6.92 Å². The van der Waals surface area contributed by atoms with Crippen molar-refractivity contribution >= 4 is 43.6 Å². The average molecular weight is 463 g/mol. The minimum Gasteiger partial charge on any atom is -0.379 e. The number of halogens is 1. The van der Waals surface area contributed by atoms with Gasteiger partial charge >= 0.3 is 6.03 Å². The predicted octanol–water partition coefficient (Wildman–Crippen LogP) is 0.657. The van der Waals surface area contributed by atoms with Gasteiger partial charge in [-0.2, -0.15) is 4.31 Å². The van der Waals surface area contributed by atoms with Gasteiger partial charge in [0.2, 0.25) is 15.9 Å². The molecular weight excluding hydrogens is 440 g/mol. The van der Waals surface area contributed by atoms with Crippen LogP contribution in [0.3, 0.4) is 0 Å². The zero-order chi connectivity index (χ0) is 19.9. The molecule has 2 rings (SSSR count). The van der Waals surface area contributed by atoms with Crippen molar-refractivity contribution in [3.8, 4) is 0 Å². The minimum atomic E-state index is -3.43. The van der Waals surface area contributed by atoms with Gasteiger partial charge in [-0.1, -0.05) is 15.9 Å². The molecule has 1 saturated heterocycles. The Labute approximate surface area is 167 Å². The Balaban J connectivity index is 1.68. The highest BCUT2D eigenvalue weighted by Crippen LogP contribution is 2.19. The molecule has 0 aromatic heterocycles. The molecule has 1 heterocycles. The van der Waals surface area contributed by atoms with E-state index in [2.05, 4.69) is 31.9 Å². The molecular formula is C16H23BrN4O5S. The minimum absolute atomic E-state index is 0.0427. The topological polar surface area (TPSA) is 117 Å². The van der Waals surface area contributed by atoms with Gasteiger partial charge in [0.15, 0.2) is 0 Å². The monoisotopic (exact) mass is 462 g/mol. The van der Waals surface area contributed by atoms with Crippen LogP contribution in [0.25, 0.3) is 0 Å². The maximum absolute atomic E-state index is 12.1. The molecule has 0 radical (unpaired) electrons. The summed E-state index contributed by atoms with van der Waals surface area (Å²) in [5.74, 6) is -0.582. The van der Waals surface area contributed by atoms with Crippen LogP contribution >= 0.6 is 15.9 Å².